The fraction of sp³-hybridized carbons (Fsp3) is 0.714. The summed E-state index contributed by atoms with van der Waals surface area (Å²) in [5.41, 5.74) is 7.09. The largest absolute Gasteiger partial charge is 0.383 e. The number of nitrogen functional groups attached to an aromatic ring is 1. The molecule has 0 spiro atoms. The number of aromatic nitrogens is 2. The van der Waals surface area contributed by atoms with E-state index in [-0.39, 0.29) is 0 Å². The van der Waals surface area contributed by atoms with Gasteiger partial charge in [0, 0.05) is 31.2 Å². The highest BCUT2D eigenvalue weighted by molar-refractivity contribution is 5.57. The number of rotatable bonds is 2. The summed E-state index contributed by atoms with van der Waals surface area (Å²) in [4.78, 5) is 13.6. The molecule has 0 amide bonds. The van der Waals surface area contributed by atoms with Crippen LogP contribution in [0.25, 0.3) is 0 Å². The van der Waals surface area contributed by atoms with E-state index in [0.29, 0.717) is 11.9 Å². The van der Waals surface area contributed by atoms with Crippen LogP contribution in [0, 0.1) is 0 Å². The number of piperazine rings is 1. The van der Waals surface area contributed by atoms with E-state index in [2.05, 4.69) is 26.7 Å². The van der Waals surface area contributed by atoms with Crippen LogP contribution < -0.4 is 10.6 Å². The average molecular weight is 261 g/mol. The van der Waals surface area contributed by atoms with Crippen molar-refractivity contribution >= 4 is 11.6 Å². The summed E-state index contributed by atoms with van der Waals surface area (Å²) in [6.45, 7) is 6.68. The maximum absolute atomic E-state index is 5.98. The molecule has 2 aliphatic heterocycles. The smallest absolute Gasteiger partial charge is 0.137 e. The van der Waals surface area contributed by atoms with Gasteiger partial charge in [-0.25, -0.2) is 9.97 Å². The molecule has 5 nitrogen and oxygen atoms in total. The molecule has 0 aromatic carbocycles. The first-order chi connectivity index (χ1) is 9.29. The maximum atomic E-state index is 5.98. The first kappa shape index (κ1) is 12.7. The van der Waals surface area contributed by atoms with Crippen LogP contribution in [0.1, 0.15) is 31.7 Å². The second kappa shape index (κ2) is 5.33. The highest BCUT2D eigenvalue weighted by atomic mass is 15.3. The molecule has 1 aromatic heterocycles. The van der Waals surface area contributed by atoms with E-state index in [0.717, 1.165) is 37.4 Å². The van der Waals surface area contributed by atoms with Gasteiger partial charge in [0.05, 0.1) is 0 Å². The Morgan fingerprint density at radius 3 is 3.00 bits per heavy atom. The highest BCUT2D eigenvalue weighted by Crippen LogP contribution is 2.27. The lowest BCUT2D eigenvalue weighted by atomic mass is 9.99. The molecule has 0 saturated carbocycles. The normalized spacial score (nSPS) is 24.3. The van der Waals surface area contributed by atoms with Crippen LogP contribution in [0.4, 0.5) is 11.6 Å². The van der Waals surface area contributed by atoms with Gasteiger partial charge in [0.1, 0.15) is 18.0 Å². The van der Waals surface area contributed by atoms with Crippen LogP contribution in [-0.4, -0.2) is 47.1 Å². The molecule has 1 atom stereocenters. The lowest BCUT2D eigenvalue weighted by molar-refractivity contribution is 0.133. The van der Waals surface area contributed by atoms with Crippen LogP contribution >= 0.6 is 0 Å². The van der Waals surface area contributed by atoms with Crippen molar-refractivity contribution in [2.24, 2.45) is 0 Å². The Morgan fingerprint density at radius 1 is 1.26 bits per heavy atom. The monoisotopic (exact) mass is 261 g/mol. The Hall–Kier alpha value is -1.36. The molecule has 2 saturated heterocycles. The van der Waals surface area contributed by atoms with E-state index >= 15 is 0 Å². The van der Waals surface area contributed by atoms with Gasteiger partial charge >= 0.3 is 0 Å². The SMILES string of the molecule is CCc1c(N)ncnc1N1CCN2CCCCC2C1. The third kappa shape index (κ3) is 2.39. The first-order valence-corrected chi connectivity index (χ1v) is 7.38. The predicted molar refractivity (Wildman–Crippen MR) is 77.2 cm³/mol. The van der Waals surface area contributed by atoms with Gasteiger partial charge in [-0.2, -0.15) is 0 Å². The molecule has 2 N–H and O–H groups in total. The summed E-state index contributed by atoms with van der Waals surface area (Å²) in [5.74, 6) is 1.69. The quantitative estimate of drug-likeness (QED) is 0.869. The Balaban J connectivity index is 1.81. The summed E-state index contributed by atoms with van der Waals surface area (Å²) >= 11 is 0. The number of piperidine rings is 1. The number of nitrogens with two attached hydrogens (primary N) is 1. The summed E-state index contributed by atoms with van der Waals surface area (Å²) in [6, 6.07) is 0.698. The molecule has 19 heavy (non-hydrogen) atoms. The number of nitrogens with zero attached hydrogens (tertiary/aromatic N) is 4. The van der Waals surface area contributed by atoms with Gasteiger partial charge in [-0.1, -0.05) is 13.3 Å². The lowest BCUT2D eigenvalue weighted by Crippen LogP contribution is -2.55. The van der Waals surface area contributed by atoms with E-state index in [9.17, 15) is 0 Å². The Morgan fingerprint density at radius 2 is 2.16 bits per heavy atom. The lowest BCUT2D eigenvalue weighted by Gasteiger charge is -2.44. The van der Waals surface area contributed by atoms with Gasteiger partial charge in [-0.05, 0) is 25.8 Å². The van der Waals surface area contributed by atoms with Gasteiger partial charge in [0.2, 0.25) is 0 Å². The number of anilines is 2. The third-order valence-corrected chi connectivity index (χ3v) is 4.45. The molecule has 104 valence electrons. The van der Waals surface area contributed by atoms with E-state index in [1.807, 2.05) is 0 Å². The molecule has 0 aliphatic carbocycles. The second-order valence-electron chi connectivity index (χ2n) is 5.55. The molecule has 2 fully saturated rings. The van der Waals surface area contributed by atoms with Crippen LogP contribution in [-0.2, 0) is 6.42 Å². The average Bonchev–Trinajstić information content (AvgIpc) is 2.46. The van der Waals surface area contributed by atoms with Crippen molar-refractivity contribution in [3.63, 3.8) is 0 Å². The Bertz CT molecular complexity index is 447. The highest BCUT2D eigenvalue weighted by Gasteiger charge is 2.30. The van der Waals surface area contributed by atoms with Crippen molar-refractivity contribution in [2.45, 2.75) is 38.6 Å². The van der Waals surface area contributed by atoms with Crippen LogP contribution in [0.2, 0.25) is 0 Å². The molecule has 5 heteroatoms. The van der Waals surface area contributed by atoms with Gasteiger partial charge in [-0.3, -0.25) is 4.90 Å². The summed E-state index contributed by atoms with van der Waals surface area (Å²) in [7, 11) is 0. The van der Waals surface area contributed by atoms with Crippen molar-refractivity contribution in [3.05, 3.63) is 11.9 Å². The molecular weight excluding hydrogens is 238 g/mol. The van der Waals surface area contributed by atoms with E-state index in [1.165, 1.54) is 25.8 Å². The van der Waals surface area contributed by atoms with Gasteiger partial charge in [0.15, 0.2) is 0 Å². The molecule has 0 radical (unpaired) electrons. The molecular formula is C14H23N5. The minimum absolute atomic E-state index is 0.638. The zero-order chi connectivity index (χ0) is 13.2. The van der Waals surface area contributed by atoms with Gasteiger partial charge in [0.25, 0.3) is 0 Å². The number of hydrogen-bond acceptors (Lipinski definition) is 5. The fourth-order valence-electron chi connectivity index (χ4n) is 3.38. The molecule has 3 heterocycles. The second-order valence-corrected chi connectivity index (χ2v) is 5.55. The van der Waals surface area contributed by atoms with E-state index in [1.54, 1.807) is 6.33 Å². The third-order valence-electron chi connectivity index (χ3n) is 4.45. The predicted octanol–water partition coefficient (Wildman–Crippen LogP) is 1.30. The molecule has 1 aromatic rings. The Labute approximate surface area is 114 Å². The molecule has 2 aliphatic rings. The zero-order valence-electron chi connectivity index (χ0n) is 11.7. The van der Waals surface area contributed by atoms with Crippen molar-refractivity contribution in [3.8, 4) is 0 Å². The standard InChI is InChI=1S/C14H23N5/c1-2-12-13(15)16-10-17-14(12)19-8-7-18-6-4-3-5-11(18)9-19/h10-11H,2-9H2,1H3,(H2,15,16,17). The summed E-state index contributed by atoms with van der Waals surface area (Å²) in [6.07, 6.45) is 6.53. The molecule has 0 bridgehead atoms. The minimum Gasteiger partial charge on any atom is -0.383 e. The zero-order valence-corrected chi connectivity index (χ0v) is 11.7. The van der Waals surface area contributed by atoms with E-state index in [4.69, 9.17) is 5.73 Å². The first-order valence-electron chi connectivity index (χ1n) is 7.38. The van der Waals surface area contributed by atoms with Crippen LogP contribution in [0.15, 0.2) is 6.33 Å². The summed E-state index contributed by atoms with van der Waals surface area (Å²) in [5, 5.41) is 0. The van der Waals surface area contributed by atoms with E-state index < -0.39 is 0 Å². The Kier molecular flexibility index (Phi) is 3.55. The van der Waals surface area contributed by atoms with Crippen LogP contribution in [0.5, 0.6) is 0 Å². The molecule has 3 rings (SSSR count). The summed E-state index contributed by atoms with van der Waals surface area (Å²) < 4.78 is 0. The number of fused-ring (bicyclic) bond motifs is 1. The van der Waals surface area contributed by atoms with Gasteiger partial charge in [-0.15, -0.1) is 0 Å². The number of hydrogen-bond donors (Lipinski definition) is 1. The maximum Gasteiger partial charge on any atom is 0.137 e. The molecule has 1 unspecified atom stereocenters. The van der Waals surface area contributed by atoms with Crippen molar-refractivity contribution in [2.75, 3.05) is 36.8 Å². The van der Waals surface area contributed by atoms with Crippen molar-refractivity contribution in [1.29, 1.82) is 0 Å². The van der Waals surface area contributed by atoms with Crippen molar-refractivity contribution < 1.29 is 0 Å². The fourth-order valence-corrected chi connectivity index (χ4v) is 3.38. The van der Waals surface area contributed by atoms with Crippen molar-refractivity contribution in [1.82, 2.24) is 14.9 Å². The van der Waals surface area contributed by atoms with Crippen LogP contribution in [0.3, 0.4) is 0 Å². The minimum atomic E-state index is 0.638. The van der Waals surface area contributed by atoms with Gasteiger partial charge < -0.3 is 10.6 Å². The topological polar surface area (TPSA) is 58.3 Å².